The smallest absolute Gasteiger partial charge is 0.251 e. The van der Waals surface area contributed by atoms with E-state index >= 15 is 0 Å². The highest BCUT2D eigenvalue weighted by atomic mass is 16.3. The number of nitrogens with zero attached hydrogens (tertiary/aromatic N) is 3. The van der Waals surface area contributed by atoms with Gasteiger partial charge in [0, 0.05) is 36.7 Å². The first-order chi connectivity index (χ1) is 10.7. The predicted octanol–water partition coefficient (Wildman–Crippen LogP) is 1.15. The predicted molar refractivity (Wildman–Crippen MR) is 82.0 cm³/mol. The zero-order valence-electron chi connectivity index (χ0n) is 12.3. The highest BCUT2D eigenvalue weighted by Gasteiger charge is 2.20. The lowest BCUT2D eigenvalue weighted by Gasteiger charge is -2.12. The van der Waals surface area contributed by atoms with Gasteiger partial charge in [0.1, 0.15) is 6.33 Å². The molecule has 6 nitrogen and oxygen atoms in total. The third-order valence-electron chi connectivity index (χ3n) is 3.73. The Hall–Kier alpha value is -2.47. The molecule has 0 saturated heterocycles. The third kappa shape index (κ3) is 3.07. The molecule has 0 radical (unpaired) electrons. The number of aliphatic hydroxyl groups excluding tert-OH is 1. The lowest BCUT2D eigenvalue weighted by atomic mass is 10.1. The van der Waals surface area contributed by atoms with Crippen LogP contribution in [0.15, 0.2) is 42.7 Å². The molecule has 3 rings (SSSR count). The standard InChI is InChI=1S/C16H18N4O2/c1-20-10-17-15(19-20)12-3-5-13(6-4-12)16(22)18-14-7-2-11(8-14)9-21/h2-7,10-11,14,21H,8-9H2,1H3,(H,18,22)/t11-,14+/m0/s1. The Morgan fingerprint density at radius 1 is 1.36 bits per heavy atom. The quantitative estimate of drug-likeness (QED) is 0.830. The molecule has 22 heavy (non-hydrogen) atoms. The van der Waals surface area contributed by atoms with E-state index in [0.717, 1.165) is 12.0 Å². The van der Waals surface area contributed by atoms with Crippen LogP contribution in [-0.4, -0.2) is 38.4 Å². The Kier molecular flexibility index (Phi) is 4.02. The van der Waals surface area contributed by atoms with Crippen molar-refractivity contribution in [2.45, 2.75) is 12.5 Å². The molecular weight excluding hydrogens is 280 g/mol. The summed E-state index contributed by atoms with van der Waals surface area (Å²) in [5, 5.41) is 16.3. The second-order valence-corrected chi connectivity index (χ2v) is 5.46. The van der Waals surface area contributed by atoms with Gasteiger partial charge in [-0.1, -0.05) is 24.3 Å². The third-order valence-corrected chi connectivity index (χ3v) is 3.73. The summed E-state index contributed by atoms with van der Waals surface area (Å²) >= 11 is 0. The van der Waals surface area contributed by atoms with Crippen LogP contribution in [0.4, 0.5) is 0 Å². The Bertz CT molecular complexity index is 690. The van der Waals surface area contributed by atoms with Crippen molar-refractivity contribution >= 4 is 5.91 Å². The van der Waals surface area contributed by atoms with Gasteiger partial charge in [0.15, 0.2) is 5.82 Å². The maximum absolute atomic E-state index is 12.2. The number of amides is 1. The molecule has 1 aliphatic carbocycles. The van der Waals surface area contributed by atoms with Crippen molar-refractivity contribution in [1.82, 2.24) is 20.1 Å². The monoisotopic (exact) mass is 298 g/mol. The van der Waals surface area contributed by atoms with Gasteiger partial charge in [-0.3, -0.25) is 9.48 Å². The minimum absolute atomic E-state index is 0.0122. The van der Waals surface area contributed by atoms with Crippen LogP contribution in [0.25, 0.3) is 11.4 Å². The van der Waals surface area contributed by atoms with Gasteiger partial charge in [-0.05, 0) is 18.6 Å². The summed E-state index contributed by atoms with van der Waals surface area (Å²) in [7, 11) is 1.81. The van der Waals surface area contributed by atoms with E-state index in [-0.39, 0.29) is 24.5 Å². The molecule has 114 valence electrons. The summed E-state index contributed by atoms with van der Waals surface area (Å²) in [5.41, 5.74) is 1.47. The van der Waals surface area contributed by atoms with Crippen LogP contribution in [0, 0.1) is 5.92 Å². The van der Waals surface area contributed by atoms with E-state index in [2.05, 4.69) is 15.4 Å². The minimum Gasteiger partial charge on any atom is -0.396 e. The number of aryl methyl sites for hydroxylation is 1. The van der Waals surface area contributed by atoms with Crippen molar-refractivity contribution in [2.75, 3.05) is 6.61 Å². The van der Waals surface area contributed by atoms with Crippen molar-refractivity contribution in [2.24, 2.45) is 13.0 Å². The number of nitrogens with one attached hydrogen (secondary N) is 1. The van der Waals surface area contributed by atoms with Gasteiger partial charge < -0.3 is 10.4 Å². The summed E-state index contributed by atoms with van der Waals surface area (Å²) in [6.07, 6.45) is 6.27. The molecule has 1 aromatic carbocycles. The molecule has 1 heterocycles. The number of carbonyl (C=O) groups excluding carboxylic acids is 1. The molecule has 1 amide bonds. The van der Waals surface area contributed by atoms with Crippen molar-refractivity contribution in [1.29, 1.82) is 0 Å². The Morgan fingerprint density at radius 2 is 2.14 bits per heavy atom. The molecule has 1 aromatic heterocycles. The van der Waals surface area contributed by atoms with Gasteiger partial charge in [0.05, 0.1) is 0 Å². The second kappa shape index (κ2) is 6.11. The summed E-state index contributed by atoms with van der Waals surface area (Å²) in [6, 6.07) is 7.20. The van der Waals surface area contributed by atoms with Crippen molar-refractivity contribution in [3.05, 3.63) is 48.3 Å². The van der Waals surface area contributed by atoms with Gasteiger partial charge in [0.2, 0.25) is 0 Å². The van der Waals surface area contributed by atoms with Gasteiger partial charge >= 0.3 is 0 Å². The van der Waals surface area contributed by atoms with Gasteiger partial charge in [-0.25, -0.2) is 4.98 Å². The van der Waals surface area contributed by atoms with E-state index < -0.39 is 0 Å². The summed E-state index contributed by atoms with van der Waals surface area (Å²) in [4.78, 5) is 16.4. The molecule has 0 fully saturated rings. The number of hydrogen-bond donors (Lipinski definition) is 2. The number of aromatic nitrogens is 3. The topological polar surface area (TPSA) is 80.0 Å². The molecule has 0 spiro atoms. The van der Waals surface area contributed by atoms with E-state index in [9.17, 15) is 4.79 Å². The normalized spacial score (nSPS) is 20.3. The van der Waals surface area contributed by atoms with E-state index in [1.54, 1.807) is 23.1 Å². The van der Waals surface area contributed by atoms with Crippen molar-refractivity contribution < 1.29 is 9.90 Å². The van der Waals surface area contributed by atoms with E-state index in [1.165, 1.54) is 0 Å². The van der Waals surface area contributed by atoms with Crippen LogP contribution in [0.5, 0.6) is 0 Å². The maximum atomic E-state index is 12.2. The molecule has 0 unspecified atom stereocenters. The van der Waals surface area contributed by atoms with Crippen molar-refractivity contribution in [3.8, 4) is 11.4 Å². The molecule has 2 aromatic rings. The largest absolute Gasteiger partial charge is 0.396 e. The fourth-order valence-electron chi connectivity index (χ4n) is 2.51. The molecule has 0 saturated carbocycles. The first-order valence-electron chi connectivity index (χ1n) is 7.22. The molecule has 2 atom stereocenters. The molecular formula is C16H18N4O2. The lowest BCUT2D eigenvalue weighted by Crippen LogP contribution is -2.32. The average molecular weight is 298 g/mol. The van der Waals surface area contributed by atoms with Crippen molar-refractivity contribution in [3.63, 3.8) is 0 Å². The Labute approximate surface area is 128 Å². The molecule has 6 heteroatoms. The number of benzene rings is 1. The highest BCUT2D eigenvalue weighted by molar-refractivity contribution is 5.94. The van der Waals surface area contributed by atoms with Crippen LogP contribution in [0.2, 0.25) is 0 Å². The molecule has 0 aliphatic heterocycles. The van der Waals surface area contributed by atoms with E-state index in [4.69, 9.17) is 5.11 Å². The first kappa shape index (κ1) is 14.5. The average Bonchev–Trinajstić information content (AvgIpc) is 3.16. The number of rotatable bonds is 4. The zero-order valence-corrected chi connectivity index (χ0v) is 12.3. The molecule has 2 N–H and O–H groups in total. The SMILES string of the molecule is Cn1cnc(-c2ccc(C(=O)N[C@@H]3C=C[C@H](CO)C3)cc2)n1. The molecule has 1 aliphatic rings. The van der Waals surface area contributed by atoms with Crippen LogP contribution in [0.1, 0.15) is 16.8 Å². The van der Waals surface area contributed by atoms with Crippen LogP contribution >= 0.6 is 0 Å². The van der Waals surface area contributed by atoms with E-state index in [1.807, 2.05) is 31.3 Å². The van der Waals surface area contributed by atoms with Gasteiger partial charge in [0.25, 0.3) is 5.91 Å². The highest BCUT2D eigenvalue weighted by Crippen LogP contribution is 2.18. The van der Waals surface area contributed by atoms with Crippen LogP contribution in [-0.2, 0) is 7.05 Å². The van der Waals surface area contributed by atoms with Gasteiger partial charge in [-0.2, -0.15) is 5.10 Å². The zero-order chi connectivity index (χ0) is 15.5. The maximum Gasteiger partial charge on any atom is 0.251 e. The lowest BCUT2D eigenvalue weighted by molar-refractivity contribution is 0.0941. The summed E-state index contributed by atoms with van der Waals surface area (Å²) < 4.78 is 1.64. The fourth-order valence-corrected chi connectivity index (χ4v) is 2.51. The van der Waals surface area contributed by atoms with Crippen LogP contribution < -0.4 is 5.32 Å². The number of aliphatic hydroxyl groups is 1. The summed E-state index contributed by atoms with van der Waals surface area (Å²) in [6.45, 7) is 0.120. The summed E-state index contributed by atoms with van der Waals surface area (Å²) in [5.74, 6) is 0.663. The molecule has 0 bridgehead atoms. The fraction of sp³-hybridized carbons (Fsp3) is 0.312. The van der Waals surface area contributed by atoms with Gasteiger partial charge in [-0.15, -0.1) is 0 Å². The Morgan fingerprint density at radius 3 is 2.73 bits per heavy atom. The first-order valence-corrected chi connectivity index (χ1v) is 7.22. The van der Waals surface area contributed by atoms with E-state index in [0.29, 0.717) is 11.4 Å². The van der Waals surface area contributed by atoms with Crippen LogP contribution in [0.3, 0.4) is 0 Å². The number of hydrogen-bond acceptors (Lipinski definition) is 4. The second-order valence-electron chi connectivity index (χ2n) is 5.46. The number of carbonyl (C=O) groups is 1. The minimum atomic E-state index is -0.117. The Balaban J connectivity index is 1.65.